The molecule has 1 heterocycles. The van der Waals surface area contributed by atoms with Gasteiger partial charge in [-0.2, -0.15) is 0 Å². The van der Waals surface area contributed by atoms with E-state index < -0.39 is 40.4 Å². The van der Waals surface area contributed by atoms with E-state index in [0.29, 0.717) is 22.4 Å². The first-order chi connectivity index (χ1) is 23.0. The Bertz CT molecular complexity index is 1970. The van der Waals surface area contributed by atoms with Crippen LogP contribution in [0.15, 0.2) is 146 Å². The maximum atomic E-state index is 15.9. The second-order valence-corrected chi connectivity index (χ2v) is 12.2. The van der Waals surface area contributed by atoms with Crippen LogP contribution in [0.5, 0.6) is 0 Å². The molecule has 8 rings (SSSR count). The number of allylic oxidation sites excluding steroid dienone is 2. The molecule has 0 radical (unpaired) electrons. The molecule has 6 nitrogen and oxygen atoms in total. The van der Waals surface area contributed by atoms with Crippen LogP contribution in [0.1, 0.15) is 32.6 Å². The Morgan fingerprint density at radius 3 is 1.32 bits per heavy atom. The Balaban J connectivity index is 1.49. The van der Waals surface area contributed by atoms with Crippen LogP contribution in [-0.4, -0.2) is 30.7 Å². The van der Waals surface area contributed by atoms with Gasteiger partial charge < -0.3 is 4.74 Å². The van der Waals surface area contributed by atoms with Gasteiger partial charge in [-0.05, 0) is 57.7 Å². The number of hydrogen-bond donors (Lipinski definition) is 0. The predicted octanol–water partition coefficient (Wildman–Crippen LogP) is 6.66. The predicted molar refractivity (Wildman–Crippen MR) is 178 cm³/mol. The van der Waals surface area contributed by atoms with E-state index in [1.165, 1.54) is 12.0 Å². The number of Topliss-reactive ketones (excluding diaryl/α,β-unsaturated/α-hetero) is 1. The summed E-state index contributed by atoms with van der Waals surface area (Å²) in [5.74, 6) is -3.62. The molecule has 4 unspecified atom stereocenters. The van der Waals surface area contributed by atoms with Gasteiger partial charge in [-0.3, -0.25) is 14.4 Å². The van der Waals surface area contributed by atoms with E-state index in [4.69, 9.17) is 4.74 Å². The molecule has 1 saturated carbocycles. The summed E-state index contributed by atoms with van der Waals surface area (Å²) in [6.45, 7) is 0. The zero-order valence-corrected chi connectivity index (χ0v) is 25.5. The first-order valence-electron chi connectivity index (χ1n) is 15.6. The lowest BCUT2D eigenvalue weighted by atomic mass is 9.59. The van der Waals surface area contributed by atoms with Crippen molar-refractivity contribution in [3.05, 3.63) is 173 Å². The number of imide groups is 1. The topological polar surface area (TPSA) is 80.8 Å². The maximum absolute atomic E-state index is 15.9. The van der Waals surface area contributed by atoms with Gasteiger partial charge in [-0.25, -0.2) is 9.69 Å². The lowest BCUT2D eigenvalue weighted by Crippen LogP contribution is -2.45. The number of carbonyl (C=O) groups excluding carboxylic acids is 4. The highest BCUT2D eigenvalue weighted by Gasteiger charge is 2.82. The lowest BCUT2D eigenvalue weighted by molar-refractivity contribution is -0.130. The molecule has 2 bridgehead atoms. The number of ketones is 1. The molecule has 3 aliphatic rings. The highest BCUT2D eigenvalue weighted by atomic mass is 16.5. The van der Waals surface area contributed by atoms with E-state index in [-0.39, 0.29) is 5.78 Å². The van der Waals surface area contributed by atoms with Crippen molar-refractivity contribution >= 4 is 40.4 Å². The molecular formula is C41H29NO5. The fourth-order valence-corrected chi connectivity index (χ4v) is 8.45. The molecular weight excluding hydrogens is 586 g/mol. The summed E-state index contributed by atoms with van der Waals surface area (Å²) in [6, 6.07) is 44.7. The number of hydrogen-bond acceptors (Lipinski definition) is 5. The van der Waals surface area contributed by atoms with Crippen LogP contribution in [0.3, 0.4) is 0 Å². The molecule has 5 aromatic carbocycles. The number of amides is 2. The number of methoxy groups -OCH3 is 1. The summed E-state index contributed by atoms with van der Waals surface area (Å²) in [7, 11) is 1.30. The lowest BCUT2D eigenvalue weighted by Gasteiger charge is -2.39. The minimum absolute atomic E-state index is 0.169. The average molecular weight is 616 g/mol. The van der Waals surface area contributed by atoms with E-state index in [2.05, 4.69) is 0 Å². The quantitative estimate of drug-likeness (QED) is 0.158. The molecule has 6 heteroatoms. The SMILES string of the molecule is COC(=O)c1ccc(N2C(=O)C3C(C2=O)C2(c4ccccc4)C(=O)C3(c3ccccc3)C(c3ccccc3)=C2c2ccccc2)cc1. The molecule has 5 aromatic rings. The Kier molecular flexibility index (Phi) is 6.44. The van der Waals surface area contributed by atoms with Gasteiger partial charge in [0.1, 0.15) is 0 Å². The third kappa shape index (κ3) is 3.67. The van der Waals surface area contributed by atoms with E-state index in [1.807, 2.05) is 121 Å². The zero-order chi connectivity index (χ0) is 32.3. The number of anilines is 1. The Morgan fingerprint density at radius 2 is 0.936 bits per heavy atom. The zero-order valence-electron chi connectivity index (χ0n) is 25.5. The minimum Gasteiger partial charge on any atom is -0.465 e. The number of fused-ring (bicyclic) bond motifs is 5. The first kappa shape index (κ1) is 28.6. The Morgan fingerprint density at radius 1 is 0.553 bits per heavy atom. The van der Waals surface area contributed by atoms with Crippen molar-refractivity contribution in [1.82, 2.24) is 0 Å². The van der Waals surface area contributed by atoms with Gasteiger partial charge in [-0.15, -0.1) is 0 Å². The molecule has 2 aliphatic carbocycles. The molecule has 2 amide bonds. The summed E-state index contributed by atoms with van der Waals surface area (Å²) in [4.78, 5) is 59.3. The molecule has 1 saturated heterocycles. The highest BCUT2D eigenvalue weighted by Crippen LogP contribution is 2.74. The molecule has 228 valence electrons. The smallest absolute Gasteiger partial charge is 0.337 e. The largest absolute Gasteiger partial charge is 0.465 e. The third-order valence-electron chi connectivity index (χ3n) is 10.1. The molecule has 0 spiro atoms. The van der Waals surface area contributed by atoms with Crippen LogP contribution in [-0.2, 0) is 30.0 Å². The molecule has 4 atom stereocenters. The van der Waals surface area contributed by atoms with Gasteiger partial charge in [0.2, 0.25) is 11.8 Å². The average Bonchev–Trinajstić information content (AvgIpc) is 3.65. The summed E-state index contributed by atoms with van der Waals surface area (Å²) >= 11 is 0. The fourth-order valence-electron chi connectivity index (χ4n) is 8.45. The van der Waals surface area contributed by atoms with Crippen LogP contribution in [0, 0.1) is 11.8 Å². The van der Waals surface area contributed by atoms with Crippen molar-refractivity contribution in [2.24, 2.45) is 11.8 Å². The Hall–Kier alpha value is -5.88. The van der Waals surface area contributed by atoms with Crippen molar-refractivity contribution in [3.8, 4) is 0 Å². The van der Waals surface area contributed by atoms with Crippen LogP contribution < -0.4 is 4.90 Å². The first-order valence-corrected chi connectivity index (χ1v) is 15.6. The minimum atomic E-state index is -1.47. The third-order valence-corrected chi connectivity index (χ3v) is 10.1. The van der Waals surface area contributed by atoms with Crippen molar-refractivity contribution in [2.75, 3.05) is 12.0 Å². The van der Waals surface area contributed by atoms with Gasteiger partial charge >= 0.3 is 5.97 Å². The monoisotopic (exact) mass is 615 g/mol. The van der Waals surface area contributed by atoms with Gasteiger partial charge in [0.15, 0.2) is 5.78 Å². The van der Waals surface area contributed by atoms with E-state index in [9.17, 15) is 4.79 Å². The number of benzene rings is 5. The van der Waals surface area contributed by atoms with Gasteiger partial charge in [0.05, 0.1) is 41.0 Å². The molecule has 0 N–H and O–H groups in total. The van der Waals surface area contributed by atoms with Gasteiger partial charge in [0.25, 0.3) is 0 Å². The van der Waals surface area contributed by atoms with Gasteiger partial charge in [0, 0.05) is 0 Å². The van der Waals surface area contributed by atoms with Crippen molar-refractivity contribution in [3.63, 3.8) is 0 Å². The van der Waals surface area contributed by atoms with Crippen molar-refractivity contribution < 1.29 is 23.9 Å². The standard InChI is InChI=1S/C41H29NO5/c1-47-38(45)28-22-24-31(25-23-28)42-36(43)34-35(37(42)44)41(30-20-12-5-13-21-30)33(27-16-8-3-9-17-27)32(26-14-6-2-7-15-26)40(34,39(41)46)29-18-10-4-11-19-29/h2-25,34-35H,1H3. The summed E-state index contributed by atoms with van der Waals surface area (Å²) < 4.78 is 4.86. The number of nitrogens with zero attached hydrogens (tertiary/aromatic N) is 1. The van der Waals surface area contributed by atoms with E-state index in [0.717, 1.165) is 22.3 Å². The molecule has 47 heavy (non-hydrogen) atoms. The number of carbonyl (C=O) groups is 4. The highest BCUT2D eigenvalue weighted by molar-refractivity contribution is 6.39. The van der Waals surface area contributed by atoms with Gasteiger partial charge in [-0.1, -0.05) is 121 Å². The summed E-state index contributed by atoms with van der Waals surface area (Å²) in [5.41, 5.74) is 2.17. The molecule has 0 aromatic heterocycles. The summed E-state index contributed by atoms with van der Waals surface area (Å²) in [6.07, 6.45) is 0. The Labute approximate surface area is 271 Å². The number of rotatable bonds is 6. The van der Waals surface area contributed by atoms with Crippen molar-refractivity contribution in [1.29, 1.82) is 0 Å². The van der Waals surface area contributed by atoms with Crippen LogP contribution in [0.4, 0.5) is 5.69 Å². The van der Waals surface area contributed by atoms with Crippen molar-refractivity contribution in [2.45, 2.75) is 10.8 Å². The number of esters is 1. The van der Waals surface area contributed by atoms with Crippen LogP contribution in [0.25, 0.3) is 11.1 Å². The van der Waals surface area contributed by atoms with E-state index >= 15 is 14.4 Å². The molecule has 1 aliphatic heterocycles. The summed E-state index contributed by atoms with van der Waals surface area (Å²) in [5, 5.41) is 0. The fraction of sp³-hybridized carbons (Fsp3) is 0.122. The van der Waals surface area contributed by atoms with E-state index in [1.54, 1.807) is 24.3 Å². The second kappa shape index (κ2) is 10.6. The number of ether oxygens (including phenoxy) is 1. The molecule has 2 fully saturated rings. The van der Waals surface area contributed by atoms with Crippen LogP contribution >= 0.6 is 0 Å². The maximum Gasteiger partial charge on any atom is 0.337 e. The normalized spacial score (nSPS) is 24.5. The second-order valence-electron chi connectivity index (χ2n) is 12.2. The van der Waals surface area contributed by atoms with Crippen LogP contribution in [0.2, 0.25) is 0 Å².